The van der Waals surface area contributed by atoms with Gasteiger partial charge in [0.15, 0.2) is 7.28 Å². The van der Waals surface area contributed by atoms with E-state index in [1.165, 1.54) is 148 Å². The molecule has 343 valence electrons. The summed E-state index contributed by atoms with van der Waals surface area (Å²) in [5.74, 6) is 0. The summed E-state index contributed by atoms with van der Waals surface area (Å²) in [5.41, 5.74) is 20.7. The average molecular weight is 908 g/mol. The van der Waals surface area contributed by atoms with Crippen LogP contribution in [0.1, 0.15) is 155 Å². The fourth-order valence-corrected chi connectivity index (χ4v) is 14.3. The van der Waals surface area contributed by atoms with Gasteiger partial charge in [-0.1, -0.05) is 161 Å². The van der Waals surface area contributed by atoms with E-state index in [0.717, 1.165) is 5.69 Å². The number of fused-ring (bicyclic) bond motifs is 9. The van der Waals surface area contributed by atoms with E-state index < -0.39 is 0 Å². The molecule has 4 heteroatoms. The monoisotopic (exact) mass is 908 g/mol. The molecule has 0 saturated carbocycles. The van der Waals surface area contributed by atoms with E-state index in [2.05, 4.69) is 216 Å². The topological polar surface area (TPSA) is 15.3 Å². The third-order valence-corrected chi connectivity index (χ3v) is 19.1. The molecular weight excluding hydrogens is 840 g/mol. The second kappa shape index (κ2) is 14.6. The van der Waals surface area contributed by atoms with Gasteiger partial charge in [0.25, 0.3) is 0 Å². The summed E-state index contributed by atoms with van der Waals surface area (Å²) >= 11 is 1.92. The molecule has 2 heterocycles. The third-order valence-electron chi connectivity index (χ3n) is 17.9. The summed E-state index contributed by atoms with van der Waals surface area (Å²) < 4.78 is 2.62. The predicted molar refractivity (Wildman–Crippen MR) is 298 cm³/mol. The predicted octanol–water partition coefficient (Wildman–Crippen LogP) is 17.1. The Morgan fingerprint density at radius 2 is 1.01 bits per heavy atom. The van der Waals surface area contributed by atoms with Crippen LogP contribution in [-0.2, 0) is 32.5 Å². The minimum Gasteiger partial charge on any atom is -0.354 e. The normalized spacial score (nSPS) is 19.9. The van der Waals surface area contributed by atoms with Crippen molar-refractivity contribution in [1.82, 2.24) is 0 Å². The second-order valence-electron chi connectivity index (χ2n) is 25.2. The van der Waals surface area contributed by atoms with Crippen LogP contribution < -0.4 is 21.1 Å². The summed E-state index contributed by atoms with van der Waals surface area (Å²) in [4.78, 5) is 2.66. The van der Waals surface area contributed by atoms with Gasteiger partial charge in [0.1, 0.15) is 0 Å². The first kappa shape index (κ1) is 43.9. The SMILES string of the molecule is CC1(C)CCC(C)(C)c2cc(Nc3c(-c4c5c(cc6ccccc46)N(c4ccc6c(c4)C(C)(C)CCC6(C)C)c4cc6c(cc4[B]5)C(C)(C)CCC6(C)C)ccc4c3sc3ccccc34)ccc21. The van der Waals surface area contributed by atoms with Crippen LogP contribution in [0.4, 0.5) is 28.4 Å². The molecule has 12 rings (SSSR count). The van der Waals surface area contributed by atoms with E-state index in [9.17, 15) is 0 Å². The van der Waals surface area contributed by atoms with E-state index in [1.54, 1.807) is 0 Å². The Kier molecular flexibility index (Phi) is 9.44. The van der Waals surface area contributed by atoms with Crippen molar-refractivity contribution >= 4 is 88.9 Å². The van der Waals surface area contributed by atoms with Crippen LogP contribution >= 0.6 is 11.3 Å². The fourth-order valence-electron chi connectivity index (χ4n) is 13.1. The molecule has 1 aromatic heterocycles. The maximum absolute atomic E-state index is 4.22. The molecule has 1 radical (unpaired) electrons. The standard InChI is InChI=1S/C64H68BN2S/c1-59(2)27-29-61(5,6)47-34-39(21-25-45(47)59)66-57-44(24-23-43-42-19-15-16-20-54(42)68-58(43)57)55-41-18-14-13-17-38(41)33-53-56(55)65-51-36-49-50(64(11,12)32-31-63(49,9)10)37-52(51)67(53)40-22-26-46-48(35-40)62(7,8)30-28-60(46,3)4/h13-26,33-37,66H,27-32H2,1-12H3. The van der Waals surface area contributed by atoms with Crippen LogP contribution in [0, 0.1) is 0 Å². The molecule has 0 bridgehead atoms. The Labute approximate surface area is 410 Å². The van der Waals surface area contributed by atoms with Crippen molar-refractivity contribution in [3.05, 3.63) is 149 Å². The van der Waals surface area contributed by atoms with Gasteiger partial charge in [-0.25, -0.2) is 0 Å². The molecule has 4 aliphatic rings. The quantitative estimate of drug-likeness (QED) is 0.177. The minimum atomic E-state index is 0.0735. The molecule has 0 amide bonds. The summed E-state index contributed by atoms with van der Waals surface area (Å²) in [6.07, 6.45) is 7.12. The van der Waals surface area contributed by atoms with Crippen molar-refractivity contribution in [3.8, 4) is 11.1 Å². The van der Waals surface area contributed by atoms with Crippen molar-refractivity contribution in [2.45, 2.75) is 154 Å². The number of anilines is 5. The number of benzene rings is 7. The van der Waals surface area contributed by atoms with Crippen LogP contribution in [0.5, 0.6) is 0 Å². The van der Waals surface area contributed by atoms with E-state index in [0.29, 0.717) is 0 Å². The Morgan fingerprint density at radius 3 is 1.68 bits per heavy atom. The van der Waals surface area contributed by atoms with E-state index in [-0.39, 0.29) is 32.5 Å². The molecule has 0 saturated heterocycles. The Balaban J connectivity index is 1.15. The van der Waals surface area contributed by atoms with E-state index in [1.807, 2.05) is 11.3 Å². The lowest BCUT2D eigenvalue weighted by molar-refractivity contribution is 0.332. The number of hydrogen-bond acceptors (Lipinski definition) is 3. The molecule has 8 aromatic rings. The first-order valence-corrected chi connectivity index (χ1v) is 26.4. The molecule has 1 aliphatic heterocycles. The molecule has 3 aliphatic carbocycles. The molecule has 0 unspecified atom stereocenters. The van der Waals surface area contributed by atoms with Crippen LogP contribution in [0.3, 0.4) is 0 Å². The summed E-state index contributed by atoms with van der Waals surface area (Å²) in [6.45, 7) is 29.4. The van der Waals surface area contributed by atoms with Crippen molar-refractivity contribution in [2.75, 3.05) is 10.2 Å². The summed E-state index contributed by atoms with van der Waals surface area (Å²) in [6, 6.07) is 45.4. The van der Waals surface area contributed by atoms with Crippen molar-refractivity contribution in [2.24, 2.45) is 0 Å². The molecule has 0 fully saturated rings. The Bertz CT molecular complexity index is 3430. The van der Waals surface area contributed by atoms with Crippen LogP contribution in [0.15, 0.2) is 115 Å². The Morgan fingerprint density at radius 1 is 0.471 bits per heavy atom. The highest BCUT2D eigenvalue weighted by atomic mass is 32.1. The average Bonchev–Trinajstić information content (AvgIpc) is 3.69. The van der Waals surface area contributed by atoms with Gasteiger partial charge in [0.2, 0.25) is 0 Å². The summed E-state index contributed by atoms with van der Waals surface area (Å²) in [5, 5.41) is 9.36. The van der Waals surface area contributed by atoms with Crippen molar-refractivity contribution in [1.29, 1.82) is 0 Å². The molecule has 7 aromatic carbocycles. The van der Waals surface area contributed by atoms with Crippen molar-refractivity contribution in [3.63, 3.8) is 0 Å². The highest BCUT2D eigenvalue weighted by Crippen LogP contribution is 2.54. The lowest BCUT2D eigenvalue weighted by Gasteiger charge is -2.45. The van der Waals surface area contributed by atoms with Gasteiger partial charge >= 0.3 is 0 Å². The zero-order chi connectivity index (χ0) is 47.5. The van der Waals surface area contributed by atoms with Crippen LogP contribution in [0.2, 0.25) is 0 Å². The molecular formula is C64H68BN2S. The summed E-state index contributed by atoms with van der Waals surface area (Å²) in [7, 11) is 2.56. The smallest absolute Gasteiger partial charge is 0.197 e. The van der Waals surface area contributed by atoms with E-state index >= 15 is 0 Å². The number of thiophene rings is 1. The molecule has 0 atom stereocenters. The van der Waals surface area contributed by atoms with Crippen LogP contribution in [-0.4, -0.2) is 7.28 Å². The third kappa shape index (κ3) is 6.62. The number of nitrogens with zero attached hydrogens (tertiary/aromatic N) is 1. The largest absolute Gasteiger partial charge is 0.354 e. The maximum atomic E-state index is 4.22. The van der Waals surface area contributed by atoms with Gasteiger partial charge in [-0.2, -0.15) is 0 Å². The molecule has 1 N–H and O–H groups in total. The maximum Gasteiger partial charge on any atom is 0.197 e. The van der Waals surface area contributed by atoms with Crippen molar-refractivity contribution < 1.29 is 0 Å². The van der Waals surface area contributed by atoms with E-state index in [4.69, 9.17) is 0 Å². The van der Waals surface area contributed by atoms with Gasteiger partial charge in [-0.3, -0.25) is 0 Å². The van der Waals surface area contributed by atoms with Gasteiger partial charge in [-0.05, 0) is 169 Å². The molecule has 0 spiro atoms. The van der Waals surface area contributed by atoms with Crippen LogP contribution in [0.25, 0.3) is 42.1 Å². The van der Waals surface area contributed by atoms with Gasteiger partial charge in [-0.15, -0.1) is 11.3 Å². The van der Waals surface area contributed by atoms with Gasteiger partial charge in [0.05, 0.1) is 10.4 Å². The fraction of sp³-hybridized carbons (Fsp3) is 0.375. The molecule has 2 nitrogen and oxygen atoms in total. The lowest BCUT2D eigenvalue weighted by Crippen LogP contribution is -2.44. The lowest BCUT2D eigenvalue weighted by atomic mass is 9.54. The number of nitrogens with one attached hydrogen (secondary N) is 1. The highest BCUT2D eigenvalue weighted by molar-refractivity contribution is 7.26. The zero-order valence-corrected chi connectivity index (χ0v) is 43.5. The Hall–Kier alpha value is -5.32. The zero-order valence-electron chi connectivity index (χ0n) is 42.6. The number of rotatable bonds is 4. The minimum absolute atomic E-state index is 0.0735. The first-order chi connectivity index (χ1) is 32.1. The molecule has 68 heavy (non-hydrogen) atoms. The highest BCUT2D eigenvalue weighted by Gasteiger charge is 2.42. The van der Waals surface area contributed by atoms with Gasteiger partial charge in [0, 0.05) is 43.8 Å². The second-order valence-corrected chi connectivity index (χ2v) is 26.3. The first-order valence-electron chi connectivity index (χ1n) is 25.6. The number of hydrogen-bond donors (Lipinski definition) is 1. The van der Waals surface area contributed by atoms with Gasteiger partial charge < -0.3 is 10.2 Å².